The Labute approximate surface area is 161 Å². The largest absolute Gasteiger partial charge is 0.496 e. The van der Waals surface area contributed by atoms with E-state index in [0.717, 1.165) is 5.56 Å². The van der Waals surface area contributed by atoms with E-state index in [1.165, 1.54) is 18.7 Å². The monoisotopic (exact) mass is 390 g/mol. The molecule has 2 aromatic rings. The number of aryl methyl sites for hydroxylation is 2. The van der Waals surface area contributed by atoms with Gasteiger partial charge in [-0.25, -0.2) is 10.2 Å². The number of methoxy groups -OCH3 is 1. The molecule has 0 aliphatic carbocycles. The van der Waals surface area contributed by atoms with Gasteiger partial charge in [-0.15, -0.1) is 0 Å². The van der Waals surface area contributed by atoms with E-state index in [4.69, 9.17) is 4.74 Å². The number of nitro groups is 1. The number of hydrogen-bond donors (Lipinski definition) is 3. The summed E-state index contributed by atoms with van der Waals surface area (Å²) in [7, 11) is 1.54. The molecule has 3 amide bonds. The Morgan fingerprint density at radius 1 is 1.25 bits per heavy atom. The van der Waals surface area contributed by atoms with Gasteiger partial charge in [0.2, 0.25) is 5.91 Å². The van der Waals surface area contributed by atoms with Gasteiger partial charge in [-0.3, -0.25) is 25.0 Å². The summed E-state index contributed by atoms with van der Waals surface area (Å²) in [6.07, 6.45) is -0.00803. The molecule has 3 N–H and O–H groups in total. The summed E-state index contributed by atoms with van der Waals surface area (Å²) in [5.74, 6) is 0.188. The number of nitrogens with zero attached hydrogens (tertiary/aromatic N) is 3. The van der Waals surface area contributed by atoms with Gasteiger partial charge in [0, 0.05) is 18.5 Å². The number of aromatic nitrogens is 2. The molecule has 0 fully saturated rings. The second-order valence-corrected chi connectivity index (χ2v) is 5.92. The van der Waals surface area contributed by atoms with Gasteiger partial charge in [0.05, 0.1) is 18.6 Å². The highest BCUT2D eigenvalue weighted by Crippen LogP contribution is 2.21. The fraction of sp³-hybridized carbons (Fsp3) is 0.353. The molecule has 11 heteroatoms. The van der Waals surface area contributed by atoms with E-state index >= 15 is 0 Å². The highest BCUT2D eigenvalue weighted by molar-refractivity contribution is 5.81. The summed E-state index contributed by atoms with van der Waals surface area (Å²) < 4.78 is 6.59. The van der Waals surface area contributed by atoms with Crippen LogP contribution in [0.3, 0.4) is 0 Å². The predicted octanol–water partition coefficient (Wildman–Crippen LogP) is 1.34. The van der Waals surface area contributed by atoms with Crippen molar-refractivity contribution in [2.24, 2.45) is 0 Å². The van der Waals surface area contributed by atoms with Crippen LogP contribution in [0.4, 0.5) is 10.5 Å². The van der Waals surface area contributed by atoms with Gasteiger partial charge in [0.25, 0.3) is 0 Å². The number of rotatable bonds is 7. The number of hydrogen-bond acceptors (Lipinski definition) is 6. The molecule has 1 heterocycles. The minimum absolute atomic E-state index is 0.00803. The van der Waals surface area contributed by atoms with Crippen molar-refractivity contribution >= 4 is 17.6 Å². The zero-order valence-corrected chi connectivity index (χ0v) is 15.8. The van der Waals surface area contributed by atoms with Crippen molar-refractivity contribution in [1.29, 1.82) is 0 Å². The Hall–Kier alpha value is -3.63. The molecule has 0 aliphatic rings. The van der Waals surface area contributed by atoms with Crippen molar-refractivity contribution in [3.63, 3.8) is 0 Å². The Kier molecular flexibility index (Phi) is 6.90. The average molecular weight is 390 g/mol. The van der Waals surface area contributed by atoms with E-state index in [1.54, 1.807) is 13.0 Å². The van der Waals surface area contributed by atoms with Crippen LogP contribution in [0.5, 0.6) is 5.75 Å². The molecule has 0 spiro atoms. The van der Waals surface area contributed by atoms with Gasteiger partial charge >= 0.3 is 11.7 Å². The normalized spacial score (nSPS) is 10.2. The van der Waals surface area contributed by atoms with E-state index in [-0.39, 0.29) is 30.9 Å². The maximum atomic E-state index is 11.9. The molecule has 150 valence electrons. The zero-order valence-electron chi connectivity index (χ0n) is 15.8. The average Bonchev–Trinajstić information content (AvgIpc) is 2.96. The number of urea groups is 1. The van der Waals surface area contributed by atoms with Crippen molar-refractivity contribution in [2.75, 3.05) is 7.11 Å². The molecule has 28 heavy (non-hydrogen) atoms. The van der Waals surface area contributed by atoms with Crippen molar-refractivity contribution in [3.8, 4) is 5.75 Å². The Morgan fingerprint density at radius 3 is 2.61 bits per heavy atom. The SMILES string of the molecule is COc1ccccc1CNC(=O)NNC(=O)CCn1nc(C)c([N+](=O)[O-])c1C. The van der Waals surface area contributed by atoms with E-state index in [2.05, 4.69) is 21.3 Å². The third kappa shape index (κ3) is 5.19. The van der Waals surface area contributed by atoms with E-state index in [0.29, 0.717) is 11.4 Å². The summed E-state index contributed by atoms with van der Waals surface area (Å²) in [6.45, 7) is 3.48. The third-order valence-electron chi connectivity index (χ3n) is 4.02. The summed E-state index contributed by atoms with van der Waals surface area (Å²) in [5.41, 5.74) is 5.91. The summed E-state index contributed by atoms with van der Waals surface area (Å²) in [4.78, 5) is 34.2. The maximum absolute atomic E-state index is 11.9. The number of amides is 3. The number of nitrogens with one attached hydrogen (secondary N) is 3. The number of ether oxygens (including phenoxy) is 1. The van der Waals surface area contributed by atoms with Crippen LogP contribution >= 0.6 is 0 Å². The Balaban J connectivity index is 1.77. The van der Waals surface area contributed by atoms with Crippen molar-refractivity contribution in [2.45, 2.75) is 33.4 Å². The first-order valence-electron chi connectivity index (χ1n) is 8.46. The third-order valence-corrected chi connectivity index (χ3v) is 4.02. The molecule has 0 saturated carbocycles. The smallest absolute Gasteiger partial charge is 0.333 e. The summed E-state index contributed by atoms with van der Waals surface area (Å²) in [6, 6.07) is 6.65. The van der Waals surface area contributed by atoms with E-state index in [9.17, 15) is 19.7 Å². The van der Waals surface area contributed by atoms with Crippen LogP contribution in [0, 0.1) is 24.0 Å². The number of hydrazine groups is 1. The fourth-order valence-corrected chi connectivity index (χ4v) is 2.63. The van der Waals surface area contributed by atoms with Gasteiger partial charge in [-0.1, -0.05) is 18.2 Å². The molecule has 11 nitrogen and oxygen atoms in total. The van der Waals surface area contributed by atoms with Gasteiger partial charge < -0.3 is 10.1 Å². The van der Waals surface area contributed by atoms with Crippen LogP contribution in [0.25, 0.3) is 0 Å². The Morgan fingerprint density at radius 2 is 1.96 bits per heavy atom. The molecule has 2 rings (SSSR count). The highest BCUT2D eigenvalue weighted by atomic mass is 16.6. The topological polar surface area (TPSA) is 140 Å². The number of carbonyl (C=O) groups excluding carboxylic acids is 2. The minimum atomic E-state index is -0.582. The zero-order chi connectivity index (χ0) is 20.7. The number of carbonyl (C=O) groups is 2. The molecule has 1 aromatic heterocycles. The summed E-state index contributed by atoms with van der Waals surface area (Å²) in [5, 5.41) is 17.6. The Bertz CT molecular complexity index is 879. The predicted molar refractivity (Wildman–Crippen MR) is 99.5 cm³/mol. The van der Waals surface area contributed by atoms with Crippen LogP contribution < -0.4 is 20.9 Å². The molecule has 1 aromatic carbocycles. The van der Waals surface area contributed by atoms with Gasteiger partial charge in [-0.05, 0) is 19.9 Å². The molecular weight excluding hydrogens is 368 g/mol. The summed E-state index contributed by atoms with van der Waals surface area (Å²) >= 11 is 0. The van der Waals surface area contributed by atoms with E-state index in [1.807, 2.05) is 18.2 Å². The van der Waals surface area contributed by atoms with Gasteiger partial charge in [0.1, 0.15) is 17.1 Å². The lowest BCUT2D eigenvalue weighted by molar-refractivity contribution is -0.386. The van der Waals surface area contributed by atoms with Crippen LogP contribution in [-0.2, 0) is 17.9 Å². The van der Waals surface area contributed by atoms with Gasteiger partial charge in [-0.2, -0.15) is 5.10 Å². The quantitative estimate of drug-likeness (QED) is 0.481. The standard InChI is InChI=1S/C17H22N6O5/c1-11-16(23(26)27)12(2)22(21-11)9-8-15(24)19-20-17(25)18-10-13-6-4-5-7-14(13)28-3/h4-7H,8-10H2,1-3H3,(H,19,24)(H2,18,20,25). The maximum Gasteiger partial charge on any atom is 0.333 e. The van der Waals surface area contributed by atoms with Crippen LogP contribution in [0.1, 0.15) is 23.4 Å². The second-order valence-electron chi connectivity index (χ2n) is 5.92. The molecule has 0 bridgehead atoms. The van der Waals surface area contributed by atoms with Gasteiger partial charge in [0.15, 0.2) is 0 Å². The molecule has 0 unspecified atom stereocenters. The van der Waals surface area contributed by atoms with E-state index < -0.39 is 16.9 Å². The highest BCUT2D eigenvalue weighted by Gasteiger charge is 2.21. The lowest BCUT2D eigenvalue weighted by Gasteiger charge is -2.11. The van der Waals surface area contributed by atoms with Crippen molar-refractivity contribution in [1.82, 2.24) is 25.9 Å². The van der Waals surface area contributed by atoms with Crippen LogP contribution in [-0.4, -0.2) is 33.8 Å². The lowest BCUT2D eigenvalue weighted by atomic mass is 10.2. The van der Waals surface area contributed by atoms with Crippen LogP contribution in [0.15, 0.2) is 24.3 Å². The molecule has 0 aliphatic heterocycles. The first-order valence-corrected chi connectivity index (χ1v) is 8.46. The molecule has 0 radical (unpaired) electrons. The van der Waals surface area contributed by atoms with Crippen LogP contribution in [0.2, 0.25) is 0 Å². The molecular formula is C17H22N6O5. The first kappa shape index (κ1) is 20.7. The number of benzene rings is 1. The van der Waals surface area contributed by atoms with Crippen molar-refractivity contribution in [3.05, 3.63) is 51.3 Å². The first-order chi connectivity index (χ1) is 13.3. The fourth-order valence-electron chi connectivity index (χ4n) is 2.63. The van der Waals surface area contributed by atoms with Crippen molar-refractivity contribution < 1.29 is 19.2 Å². The molecule has 0 atom stereocenters. The lowest BCUT2D eigenvalue weighted by Crippen LogP contribution is -2.46. The molecule has 0 saturated heterocycles. The second kappa shape index (κ2) is 9.35. The minimum Gasteiger partial charge on any atom is -0.496 e. The number of para-hydroxylation sites is 1.